The molecule has 0 radical (unpaired) electrons. The maximum atomic E-state index is 10.5. The quantitative estimate of drug-likeness (QED) is 0.513. The van der Waals surface area contributed by atoms with Crippen molar-refractivity contribution in [2.24, 2.45) is 11.8 Å². The topological polar surface area (TPSA) is 72.8 Å². The third-order valence-electron chi connectivity index (χ3n) is 4.96. The van der Waals surface area contributed by atoms with Crippen molar-refractivity contribution in [1.29, 1.82) is 0 Å². The summed E-state index contributed by atoms with van der Waals surface area (Å²) in [5, 5.41) is 20.1. The van der Waals surface area contributed by atoms with Gasteiger partial charge in [-0.25, -0.2) is 4.79 Å². The molecule has 1 fully saturated rings. The number of nitrogens with zero attached hydrogens (tertiary/aromatic N) is 1. The molecular formula is C17H34N2O3. The van der Waals surface area contributed by atoms with Crippen LogP contribution in [0.15, 0.2) is 0 Å². The minimum absolute atomic E-state index is 0.258. The number of hydrogen-bond acceptors (Lipinski definition) is 3. The van der Waals surface area contributed by atoms with Gasteiger partial charge in [0.15, 0.2) is 0 Å². The maximum Gasteiger partial charge on any atom is 0.404 e. The van der Waals surface area contributed by atoms with E-state index in [-0.39, 0.29) is 6.61 Å². The van der Waals surface area contributed by atoms with Gasteiger partial charge in [-0.1, -0.05) is 39.0 Å². The van der Waals surface area contributed by atoms with Gasteiger partial charge in [0.1, 0.15) is 0 Å². The van der Waals surface area contributed by atoms with Gasteiger partial charge in [0.25, 0.3) is 0 Å². The minimum atomic E-state index is -0.899. The Balaban J connectivity index is 1.99. The van der Waals surface area contributed by atoms with Crippen LogP contribution in [0.4, 0.5) is 4.79 Å². The SMILES string of the molecule is CCN(CCO)CCCCCC1CCC(CNC(=O)O)CC1. The Morgan fingerprint density at radius 1 is 1.09 bits per heavy atom. The number of carbonyl (C=O) groups is 1. The summed E-state index contributed by atoms with van der Waals surface area (Å²) in [6.07, 6.45) is 9.11. The van der Waals surface area contributed by atoms with Gasteiger partial charge in [0.05, 0.1) is 6.61 Å². The molecule has 1 amide bonds. The number of aliphatic hydroxyl groups is 1. The number of nitrogens with one attached hydrogen (secondary N) is 1. The molecule has 130 valence electrons. The van der Waals surface area contributed by atoms with Crippen molar-refractivity contribution in [2.45, 2.75) is 58.3 Å². The summed E-state index contributed by atoms with van der Waals surface area (Å²) in [6.45, 7) is 5.95. The molecule has 0 bridgehead atoms. The van der Waals surface area contributed by atoms with E-state index in [1.165, 1.54) is 51.4 Å². The first kappa shape index (κ1) is 19.2. The first-order chi connectivity index (χ1) is 10.7. The zero-order valence-corrected chi connectivity index (χ0v) is 14.1. The zero-order valence-electron chi connectivity index (χ0n) is 14.1. The van der Waals surface area contributed by atoms with E-state index in [0.717, 1.165) is 25.6 Å². The minimum Gasteiger partial charge on any atom is -0.465 e. The molecule has 0 aromatic rings. The lowest BCUT2D eigenvalue weighted by Gasteiger charge is -2.28. The molecule has 0 spiro atoms. The highest BCUT2D eigenvalue weighted by atomic mass is 16.4. The number of unbranched alkanes of at least 4 members (excludes halogenated alkanes) is 2. The van der Waals surface area contributed by atoms with Gasteiger partial charge in [-0.05, 0) is 44.2 Å². The molecule has 1 aliphatic rings. The van der Waals surface area contributed by atoms with Crippen LogP contribution in [0.1, 0.15) is 58.3 Å². The highest BCUT2D eigenvalue weighted by molar-refractivity contribution is 5.64. The van der Waals surface area contributed by atoms with Crippen LogP contribution in [0.5, 0.6) is 0 Å². The van der Waals surface area contributed by atoms with Crippen molar-refractivity contribution in [2.75, 3.05) is 32.8 Å². The predicted molar refractivity (Wildman–Crippen MR) is 89.1 cm³/mol. The molecule has 5 heteroatoms. The molecule has 1 rings (SSSR count). The van der Waals surface area contributed by atoms with E-state index in [9.17, 15) is 4.79 Å². The zero-order chi connectivity index (χ0) is 16.2. The fourth-order valence-corrected chi connectivity index (χ4v) is 3.47. The Morgan fingerprint density at radius 3 is 2.36 bits per heavy atom. The lowest BCUT2D eigenvalue weighted by Crippen LogP contribution is -2.30. The molecular weight excluding hydrogens is 280 g/mol. The molecule has 0 aromatic carbocycles. The molecule has 5 nitrogen and oxygen atoms in total. The molecule has 0 heterocycles. The third kappa shape index (κ3) is 8.59. The number of rotatable bonds is 11. The van der Waals surface area contributed by atoms with Gasteiger partial charge >= 0.3 is 6.09 Å². The van der Waals surface area contributed by atoms with Crippen LogP contribution in [0, 0.1) is 11.8 Å². The van der Waals surface area contributed by atoms with Crippen LogP contribution in [0.2, 0.25) is 0 Å². The second kappa shape index (κ2) is 11.7. The van der Waals surface area contributed by atoms with Crippen molar-refractivity contribution in [1.82, 2.24) is 10.2 Å². The summed E-state index contributed by atoms with van der Waals surface area (Å²) in [5.74, 6) is 1.39. The highest BCUT2D eigenvalue weighted by Crippen LogP contribution is 2.31. The number of carboxylic acid groups (broad SMARTS) is 1. The third-order valence-corrected chi connectivity index (χ3v) is 4.96. The van der Waals surface area contributed by atoms with Crippen LogP contribution >= 0.6 is 0 Å². The van der Waals surface area contributed by atoms with Crippen LogP contribution in [0.3, 0.4) is 0 Å². The Morgan fingerprint density at radius 2 is 1.77 bits per heavy atom. The van der Waals surface area contributed by atoms with Gasteiger partial charge in [-0.2, -0.15) is 0 Å². The molecule has 0 aromatic heterocycles. The van der Waals surface area contributed by atoms with Crippen molar-refractivity contribution in [3.05, 3.63) is 0 Å². The van der Waals surface area contributed by atoms with E-state index in [0.29, 0.717) is 12.5 Å². The highest BCUT2D eigenvalue weighted by Gasteiger charge is 2.21. The number of likely N-dealkylation sites (N-methyl/N-ethyl adjacent to an activating group) is 1. The van der Waals surface area contributed by atoms with Gasteiger partial charge in [0, 0.05) is 13.1 Å². The van der Waals surface area contributed by atoms with Gasteiger partial charge < -0.3 is 20.4 Å². The van der Waals surface area contributed by atoms with E-state index >= 15 is 0 Å². The first-order valence-corrected chi connectivity index (χ1v) is 8.95. The van der Waals surface area contributed by atoms with Gasteiger partial charge in [-0.15, -0.1) is 0 Å². The Hall–Kier alpha value is -0.810. The molecule has 1 saturated carbocycles. The monoisotopic (exact) mass is 314 g/mol. The van der Waals surface area contributed by atoms with Crippen LogP contribution in [0.25, 0.3) is 0 Å². The summed E-state index contributed by atoms with van der Waals surface area (Å²) in [7, 11) is 0. The predicted octanol–water partition coefficient (Wildman–Crippen LogP) is 2.94. The average molecular weight is 314 g/mol. The number of amides is 1. The smallest absolute Gasteiger partial charge is 0.404 e. The number of hydrogen-bond donors (Lipinski definition) is 3. The molecule has 0 atom stereocenters. The van der Waals surface area contributed by atoms with Gasteiger partial charge in [-0.3, -0.25) is 0 Å². The van der Waals surface area contributed by atoms with E-state index < -0.39 is 6.09 Å². The average Bonchev–Trinajstić information content (AvgIpc) is 2.52. The van der Waals surface area contributed by atoms with Crippen molar-refractivity contribution in [3.63, 3.8) is 0 Å². The normalized spacial score (nSPS) is 22.0. The number of aliphatic hydroxyl groups excluding tert-OH is 1. The lowest BCUT2D eigenvalue weighted by molar-refractivity contribution is 0.187. The van der Waals surface area contributed by atoms with Crippen molar-refractivity contribution >= 4 is 6.09 Å². The fourth-order valence-electron chi connectivity index (χ4n) is 3.47. The fraction of sp³-hybridized carbons (Fsp3) is 0.941. The summed E-state index contributed by atoms with van der Waals surface area (Å²) >= 11 is 0. The molecule has 0 aliphatic heterocycles. The first-order valence-electron chi connectivity index (χ1n) is 8.95. The van der Waals surface area contributed by atoms with E-state index in [1.807, 2.05) is 0 Å². The molecule has 3 N–H and O–H groups in total. The summed E-state index contributed by atoms with van der Waals surface area (Å²) in [5.41, 5.74) is 0. The maximum absolute atomic E-state index is 10.5. The van der Waals surface area contributed by atoms with Gasteiger partial charge in [0.2, 0.25) is 0 Å². The van der Waals surface area contributed by atoms with Crippen molar-refractivity contribution in [3.8, 4) is 0 Å². The second-order valence-corrected chi connectivity index (χ2v) is 6.58. The van der Waals surface area contributed by atoms with Crippen molar-refractivity contribution < 1.29 is 15.0 Å². The molecule has 0 unspecified atom stereocenters. The lowest BCUT2D eigenvalue weighted by atomic mass is 9.80. The standard InChI is InChI=1S/C17H34N2O3/c1-2-19(12-13-20)11-5-3-4-6-15-7-9-16(10-8-15)14-18-17(21)22/h15-16,18,20H,2-14H2,1H3,(H,21,22). The van der Waals surface area contributed by atoms with Crippen LogP contribution < -0.4 is 5.32 Å². The Kier molecular flexibility index (Phi) is 10.2. The largest absolute Gasteiger partial charge is 0.465 e. The molecule has 0 saturated heterocycles. The van der Waals surface area contributed by atoms with Crippen LogP contribution in [-0.2, 0) is 0 Å². The summed E-state index contributed by atoms with van der Waals surface area (Å²) in [4.78, 5) is 12.8. The van der Waals surface area contributed by atoms with E-state index in [2.05, 4.69) is 17.1 Å². The van der Waals surface area contributed by atoms with Crippen LogP contribution in [-0.4, -0.2) is 54.0 Å². The van der Waals surface area contributed by atoms with E-state index in [4.69, 9.17) is 10.2 Å². The second-order valence-electron chi connectivity index (χ2n) is 6.58. The van der Waals surface area contributed by atoms with E-state index in [1.54, 1.807) is 0 Å². The molecule has 1 aliphatic carbocycles. The Bertz CT molecular complexity index is 292. The summed E-state index contributed by atoms with van der Waals surface area (Å²) < 4.78 is 0. The molecule has 22 heavy (non-hydrogen) atoms. The Labute approximate surface area is 135 Å². The summed E-state index contributed by atoms with van der Waals surface area (Å²) in [6, 6.07) is 0.